The minimum Gasteiger partial charge on any atom is -0.282 e. The van der Waals surface area contributed by atoms with Gasteiger partial charge in [-0.2, -0.15) is 0 Å². The summed E-state index contributed by atoms with van der Waals surface area (Å²) in [6.07, 6.45) is 3.96. The highest BCUT2D eigenvalue weighted by Crippen LogP contribution is 2.30. The Labute approximate surface area is 107 Å². The third-order valence-corrected chi connectivity index (χ3v) is 6.49. The predicted molar refractivity (Wildman–Crippen MR) is 66.6 cm³/mol. The molecule has 1 saturated heterocycles. The Kier molecular flexibility index (Phi) is 3.75. The number of amides is 2. The summed E-state index contributed by atoms with van der Waals surface area (Å²) in [6, 6.07) is 0. The molecule has 1 unspecified atom stereocenters. The first-order chi connectivity index (χ1) is 8.48. The normalized spacial score (nSPS) is 26.9. The highest BCUT2D eigenvalue weighted by Gasteiger charge is 2.48. The number of rotatable bonds is 3. The molecule has 0 radical (unpaired) electrons. The van der Waals surface area contributed by atoms with E-state index in [1.165, 1.54) is 0 Å². The number of hydrogen-bond donors (Lipinski definition) is 0. The van der Waals surface area contributed by atoms with Gasteiger partial charge >= 0.3 is 0 Å². The Hall–Kier alpha value is -0.910. The fourth-order valence-corrected chi connectivity index (χ4v) is 5.11. The van der Waals surface area contributed by atoms with Crippen molar-refractivity contribution in [2.24, 2.45) is 0 Å². The van der Waals surface area contributed by atoms with Crippen molar-refractivity contribution < 1.29 is 18.0 Å². The third kappa shape index (κ3) is 2.18. The minimum absolute atomic E-state index is 0.161. The second kappa shape index (κ2) is 4.99. The van der Waals surface area contributed by atoms with Gasteiger partial charge in [0.1, 0.15) is 5.25 Å². The molecular weight excluding hydrogens is 254 g/mol. The lowest BCUT2D eigenvalue weighted by Crippen LogP contribution is -2.39. The van der Waals surface area contributed by atoms with Crippen LogP contribution in [-0.4, -0.2) is 42.2 Å². The van der Waals surface area contributed by atoms with E-state index in [9.17, 15) is 18.0 Å². The molecule has 1 saturated carbocycles. The van der Waals surface area contributed by atoms with Gasteiger partial charge in [-0.25, -0.2) is 8.42 Å². The van der Waals surface area contributed by atoms with Crippen LogP contribution in [0.4, 0.5) is 0 Å². The SMILES string of the molecule is CCN1C(=O)CC(S(=O)(=O)C2CCCCC2)C1=O. The lowest BCUT2D eigenvalue weighted by atomic mass is 10.0. The number of sulfone groups is 1. The number of imide groups is 1. The molecule has 2 aliphatic rings. The van der Waals surface area contributed by atoms with Gasteiger partial charge in [0.05, 0.1) is 11.7 Å². The standard InChI is InChI=1S/C12H19NO4S/c1-2-13-11(14)8-10(12(13)15)18(16,17)9-6-4-3-5-7-9/h9-10H,2-8H2,1H3. The summed E-state index contributed by atoms with van der Waals surface area (Å²) in [5, 5.41) is -1.54. The summed E-state index contributed by atoms with van der Waals surface area (Å²) in [4.78, 5) is 24.6. The Morgan fingerprint density at radius 3 is 2.28 bits per heavy atom. The Bertz CT molecular complexity index is 451. The maximum absolute atomic E-state index is 12.4. The zero-order chi connectivity index (χ0) is 13.3. The summed E-state index contributed by atoms with van der Waals surface area (Å²) in [7, 11) is -3.50. The molecule has 6 heteroatoms. The van der Waals surface area contributed by atoms with Crippen molar-refractivity contribution in [1.82, 2.24) is 4.90 Å². The van der Waals surface area contributed by atoms with Crippen LogP contribution in [0.5, 0.6) is 0 Å². The van der Waals surface area contributed by atoms with Crippen LogP contribution in [0.15, 0.2) is 0 Å². The molecule has 0 aromatic heterocycles. The largest absolute Gasteiger partial charge is 0.282 e. The monoisotopic (exact) mass is 273 g/mol. The number of carbonyl (C=O) groups excluding carboxylic acids is 2. The van der Waals surface area contributed by atoms with Crippen molar-refractivity contribution in [2.45, 2.75) is 55.9 Å². The van der Waals surface area contributed by atoms with E-state index >= 15 is 0 Å². The van der Waals surface area contributed by atoms with Gasteiger partial charge in [-0.05, 0) is 19.8 Å². The summed E-state index contributed by atoms with van der Waals surface area (Å²) in [5.74, 6) is -0.875. The molecule has 0 aromatic carbocycles. The number of hydrogen-bond acceptors (Lipinski definition) is 4. The second-order valence-corrected chi connectivity index (χ2v) is 7.43. The lowest BCUT2D eigenvalue weighted by Gasteiger charge is -2.24. The van der Waals surface area contributed by atoms with Gasteiger partial charge in [0.2, 0.25) is 11.8 Å². The molecule has 2 rings (SSSR count). The van der Waals surface area contributed by atoms with E-state index in [0.29, 0.717) is 12.8 Å². The van der Waals surface area contributed by atoms with Crippen LogP contribution in [0.1, 0.15) is 45.4 Å². The van der Waals surface area contributed by atoms with Gasteiger partial charge in [0.25, 0.3) is 0 Å². The van der Waals surface area contributed by atoms with E-state index in [2.05, 4.69) is 0 Å². The molecule has 1 atom stereocenters. The zero-order valence-corrected chi connectivity index (χ0v) is 11.4. The fraction of sp³-hybridized carbons (Fsp3) is 0.833. The molecule has 1 aliphatic heterocycles. The smallest absolute Gasteiger partial charge is 0.248 e. The average molecular weight is 273 g/mol. The molecule has 0 spiro atoms. The van der Waals surface area contributed by atoms with Gasteiger partial charge in [-0.1, -0.05) is 19.3 Å². The van der Waals surface area contributed by atoms with Crippen LogP contribution in [0.3, 0.4) is 0 Å². The average Bonchev–Trinajstić information content (AvgIpc) is 2.66. The van der Waals surface area contributed by atoms with E-state index in [-0.39, 0.29) is 18.9 Å². The van der Waals surface area contributed by atoms with Crippen molar-refractivity contribution in [3.8, 4) is 0 Å². The van der Waals surface area contributed by atoms with Crippen LogP contribution in [0, 0.1) is 0 Å². The van der Waals surface area contributed by atoms with E-state index in [0.717, 1.165) is 24.2 Å². The lowest BCUT2D eigenvalue weighted by molar-refractivity contribution is -0.137. The van der Waals surface area contributed by atoms with Crippen LogP contribution in [0.25, 0.3) is 0 Å². The molecular formula is C12H19NO4S. The highest BCUT2D eigenvalue weighted by atomic mass is 32.2. The molecule has 0 bridgehead atoms. The summed E-state index contributed by atoms with van der Waals surface area (Å²) in [5.41, 5.74) is 0. The van der Waals surface area contributed by atoms with Gasteiger partial charge < -0.3 is 0 Å². The van der Waals surface area contributed by atoms with Crippen molar-refractivity contribution in [2.75, 3.05) is 6.54 Å². The molecule has 1 heterocycles. The van der Waals surface area contributed by atoms with Crippen molar-refractivity contribution in [1.29, 1.82) is 0 Å². The summed E-state index contributed by atoms with van der Waals surface area (Å²) >= 11 is 0. The first-order valence-electron chi connectivity index (χ1n) is 6.55. The van der Waals surface area contributed by atoms with Crippen molar-refractivity contribution in [3.63, 3.8) is 0 Å². The Morgan fingerprint density at radius 1 is 1.17 bits per heavy atom. The number of likely N-dealkylation sites (tertiary alicyclic amines) is 1. The second-order valence-electron chi connectivity index (χ2n) is 5.02. The zero-order valence-electron chi connectivity index (χ0n) is 10.6. The van der Waals surface area contributed by atoms with Crippen LogP contribution in [-0.2, 0) is 19.4 Å². The van der Waals surface area contributed by atoms with Crippen LogP contribution in [0.2, 0.25) is 0 Å². The fourth-order valence-electron chi connectivity index (χ4n) is 2.87. The quantitative estimate of drug-likeness (QED) is 0.716. The van der Waals surface area contributed by atoms with Gasteiger partial charge in [0.15, 0.2) is 9.84 Å². The molecule has 0 aromatic rings. The van der Waals surface area contributed by atoms with E-state index < -0.39 is 26.2 Å². The first-order valence-corrected chi connectivity index (χ1v) is 8.16. The maximum atomic E-state index is 12.4. The maximum Gasteiger partial charge on any atom is 0.248 e. The molecule has 102 valence electrons. The number of carbonyl (C=O) groups is 2. The van der Waals surface area contributed by atoms with E-state index in [1.807, 2.05) is 0 Å². The van der Waals surface area contributed by atoms with Crippen LogP contribution < -0.4 is 0 Å². The molecule has 0 N–H and O–H groups in total. The molecule has 2 fully saturated rings. The highest BCUT2D eigenvalue weighted by molar-refractivity contribution is 7.93. The van der Waals surface area contributed by atoms with Gasteiger partial charge in [-0.15, -0.1) is 0 Å². The minimum atomic E-state index is -3.50. The predicted octanol–water partition coefficient (Wildman–Crippen LogP) is 0.881. The molecule has 1 aliphatic carbocycles. The topological polar surface area (TPSA) is 71.5 Å². The number of nitrogens with zero attached hydrogens (tertiary/aromatic N) is 1. The molecule has 2 amide bonds. The third-order valence-electron chi connectivity index (χ3n) is 3.93. The van der Waals surface area contributed by atoms with Crippen LogP contribution >= 0.6 is 0 Å². The molecule has 18 heavy (non-hydrogen) atoms. The Morgan fingerprint density at radius 2 is 1.78 bits per heavy atom. The van der Waals surface area contributed by atoms with Crippen molar-refractivity contribution >= 4 is 21.7 Å². The first kappa shape index (κ1) is 13.5. The van der Waals surface area contributed by atoms with Gasteiger partial charge in [-0.3, -0.25) is 14.5 Å². The summed E-state index contributed by atoms with van der Waals surface area (Å²) in [6.45, 7) is 1.94. The van der Waals surface area contributed by atoms with Crippen molar-refractivity contribution in [3.05, 3.63) is 0 Å². The molecule has 5 nitrogen and oxygen atoms in total. The van der Waals surface area contributed by atoms with E-state index in [4.69, 9.17) is 0 Å². The Balaban J connectivity index is 2.20. The van der Waals surface area contributed by atoms with Gasteiger partial charge in [0, 0.05) is 6.54 Å². The summed E-state index contributed by atoms with van der Waals surface area (Å²) < 4.78 is 24.8. The van der Waals surface area contributed by atoms with E-state index in [1.54, 1.807) is 6.92 Å².